The number of nitrogens with zero attached hydrogens (tertiary/aromatic N) is 1. The zero-order valence-corrected chi connectivity index (χ0v) is 14.8. The van der Waals surface area contributed by atoms with Crippen molar-refractivity contribution in [2.75, 3.05) is 19.6 Å². The summed E-state index contributed by atoms with van der Waals surface area (Å²) in [5, 5.41) is 5.25. The molecule has 122 valence electrons. The topological polar surface area (TPSA) is 32.3 Å². The van der Waals surface area contributed by atoms with Gasteiger partial charge in [-0.1, -0.05) is 6.92 Å². The summed E-state index contributed by atoms with van der Waals surface area (Å²) < 4.78 is 0. The Morgan fingerprint density at radius 3 is 2.86 bits per heavy atom. The Morgan fingerprint density at radius 2 is 2.18 bits per heavy atom. The Balaban J connectivity index is 1.58. The number of carbonyl (C=O) groups is 1. The largest absolute Gasteiger partial charge is 0.349 e. The van der Waals surface area contributed by atoms with E-state index in [1.54, 1.807) is 11.3 Å². The SMILES string of the molecule is CC1CCCN(C(C)(C)CNC(=O)c2sccc2C2CC2)C1. The minimum atomic E-state index is 0.0291. The lowest BCUT2D eigenvalue weighted by Gasteiger charge is -2.43. The van der Waals surface area contributed by atoms with Gasteiger partial charge in [-0.3, -0.25) is 9.69 Å². The Hall–Kier alpha value is -0.870. The van der Waals surface area contributed by atoms with Gasteiger partial charge >= 0.3 is 0 Å². The molecule has 1 aliphatic carbocycles. The smallest absolute Gasteiger partial charge is 0.261 e. The van der Waals surface area contributed by atoms with Crippen LogP contribution in [0.5, 0.6) is 0 Å². The van der Waals surface area contributed by atoms with Crippen molar-refractivity contribution in [3.8, 4) is 0 Å². The standard InChI is InChI=1S/C18H28N2OS/c1-13-5-4-9-20(11-13)18(2,3)12-19-17(21)16-15(8-10-22-16)14-6-7-14/h8,10,13-14H,4-7,9,11-12H2,1-3H3,(H,19,21). The summed E-state index contributed by atoms with van der Waals surface area (Å²) in [6, 6.07) is 2.13. The molecule has 1 aromatic heterocycles. The highest BCUT2D eigenvalue weighted by atomic mass is 32.1. The van der Waals surface area contributed by atoms with Crippen molar-refractivity contribution in [1.29, 1.82) is 0 Å². The van der Waals surface area contributed by atoms with Gasteiger partial charge in [-0.2, -0.15) is 0 Å². The Bertz CT molecular complexity index is 533. The van der Waals surface area contributed by atoms with Gasteiger partial charge in [0.15, 0.2) is 0 Å². The maximum absolute atomic E-state index is 12.5. The van der Waals surface area contributed by atoms with Crippen molar-refractivity contribution in [2.24, 2.45) is 5.92 Å². The number of piperidine rings is 1. The lowest BCUT2D eigenvalue weighted by atomic mass is 9.93. The Kier molecular flexibility index (Phi) is 4.60. The summed E-state index contributed by atoms with van der Waals surface area (Å²) in [6.07, 6.45) is 5.09. The number of carbonyl (C=O) groups excluding carboxylic acids is 1. The molecule has 1 aromatic rings. The van der Waals surface area contributed by atoms with Crippen LogP contribution in [-0.2, 0) is 0 Å². The number of likely N-dealkylation sites (tertiary alicyclic amines) is 1. The summed E-state index contributed by atoms with van der Waals surface area (Å²) in [4.78, 5) is 16.0. The summed E-state index contributed by atoms with van der Waals surface area (Å²) in [5.74, 6) is 1.53. The number of hydrogen-bond acceptors (Lipinski definition) is 3. The number of hydrogen-bond donors (Lipinski definition) is 1. The van der Waals surface area contributed by atoms with Crippen molar-refractivity contribution in [1.82, 2.24) is 10.2 Å². The van der Waals surface area contributed by atoms with E-state index in [2.05, 4.69) is 42.4 Å². The van der Waals surface area contributed by atoms with Crippen LogP contribution in [0.25, 0.3) is 0 Å². The molecule has 2 fully saturated rings. The second-order valence-electron chi connectivity index (χ2n) is 7.67. The molecule has 1 saturated heterocycles. The van der Waals surface area contributed by atoms with E-state index in [4.69, 9.17) is 0 Å². The molecular formula is C18H28N2OS. The van der Waals surface area contributed by atoms with Crippen LogP contribution in [0.3, 0.4) is 0 Å². The molecule has 1 unspecified atom stereocenters. The molecule has 1 amide bonds. The first-order valence-corrected chi connectivity index (χ1v) is 9.46. The van der Waals surface area contributed by atoms with Gasteiger partial charge in [-0.25, -0.2) is 0 Å². The molecule has 1 saturated carbocycles. The van der Waals surface area contributed by atoms with Gasteiger partial charge in [0.1, 0.15) is 0 Å². The van der Waals surface area contributed by atoms with Crippen molar-refractivity contribution < 1.29 is 4.79 Å². The maximum Gasteiger partial charge on any atom is 0.261 e. The number of nitrogens with one attached hydrogen (secondary N) is 1. The fourth-order valence-corrected chi connectivity index (χ4v) is 4.35. The molecule has 3 rings (SSSR count). The van der Waals surface area contributed by atoms with Crippen LogP contribution in [0.2, 0.25) is 0 Å². The minimum absolute atomic E-state index is 0.0291. The van der Waals surface area contributed by atoms with E-state index in [0.717, 1.165) is 30.4 Å². The predicted octanol–water partition coefficient (Wildman–Crippen LogP) is 3.87. The normalized spacial score (nSPS) is 23.5. The maximum atomic E-state index is 12.5. The lowest BCUT2D eigenvalue weighted by molar-refractivity contribution is 0.0658. The van der Waals surface area contributed by atoms with E-state index in [1.807, 2.05) is 0 Å². The van der Waals surface area contributed by atoms with E-state index in [1.165, 1.54) is 31.2 Å². The van der Waals surface area contributed by atoms with E-state index >= 15 is 0 Å². The molecule has 1 atom stereocenters. The Morgan fingerprint density at radius 1 is 1.41 bits per heavy atom. The van der Waals surface area contributed by atoms with E-state index < -0.39 is 0 Å². The number of amides is 1. The predicted molar refractivity (Wildman–Crippen MR) is 92.7 cm³/mol. The van der Waals surface area contributed by atoms with Gasteiger partial charge in [0.25, 0.3) is 5.91 Å². The Labute approximate surface area is 138 Å². The van der Waals surface area contributed by atoms with Gasteiger partial charge in [0, 0.05) is 18.6 Å². The van der Waals surface area contributed by atoms with Gasteiger partial charge < -0.3 is 5.32 Å². The van der Waals surface area contributed by atoms with Gasteiger partial charge in [-0.05, 0) is 74.9 Å². The molecule has 0 bridgehead atoms. The molecule has 0 aromatic carbocycles. The lowest BCUT2D eigenvalue weighted by Crippen LogP contribution is -2.54. The summed E-state index contributed by atoms with van der Waals surface area (Å²) in [7, 11) is 0. The van der Waals surface area contributed by atoms with Gasteiger partial charge in [0.05, 0.1) is 4.88 Å². The highest BCUT2D eigenvalue weighted by molar-refractivity contribution is 7.12. The van der Waals surface area contributed by atoms with Gasteiger partial charge in [0.2, 0.25) is 0 Å². The molecule has 0 spiro atoms. The average molecular weight is 321 g/mol. The molecule has 0 radical (unpaired) electrons. The monoisotopic (exact) mass is 320 g/mol. The van der Waals surface area contributed by atoms with E-state index in [9.17, 15) is 4.79 Å². The minimum Gasteiger partial charge on any atom is -0.349 e. The first kappa shape index (κ1) is 16.0. The summed E-state index contributed by atoms with van der Waals surface area (Å²) in [5.41, 5.74) is 1.30. The van der Waals surface area contributed by atoms with Crippen molar-refractivity contribution in [3.63, 3.8) is 0 Å². The quantitative estimate of drug-likeness (QED) is 0.893. The highest BCUT2D eigenvalue weighted by Gasteiger charge is 2.32. The van der Waals surface area contributed by atoms with Crippen molar-refractivity contribution in [2.45, 2.75) is 57.9 Å². The van der Waals surface area contributed by atoms with Crippen LogP contribution in [-0.4, -0.2) is 36.0 Å². The third kappa shape index (κ3) is 3.54. The highest BCUT2D eigenvalue weighted by Crippen LogP contribution is 2.43. The zero-order valence-electron chi connectivity index (χ0n) is 14.0. The molecular weight excluding hydrogens is 292 g/mol. The van der Waals surface area contributed by atoms with Crippen LogP contribution in [0.1, 0.15) is 67.6 Å². The second kappa shape index (κ2) is 6.32. The molecule has 1 N–H and O–H groups in total. The summed E-state index contributed by atoms with van der Waals surface area (Å²) >= 11 is 1.59. The van der Waals surface area contributed by atoms with Crippen LogP contribution in [0.15, 0.2) is 11.4 Å². The van der Waals surface area contributed by atoms with Crippen LogP contribution < -0.4 is 5.32 Å². The third-order valence-electron chi connectivity index (χ3n) is 5.11. The third-order valence-corrected chi connectivity index (χ3v) is 6.04. The van der Waals surface area contributed by atoms with Crippen LogP contribution in [0, 0.1) is 5.92 Å². The van der Waals surface area contributed by atoms with E-state index in [0.29, 0.717) is 5.92 Å². The van der Waals surface area contributed by atoms with Crippen molar-refractivity contribution in [3.05, 3.63) is 21.9 Å². The van der Waals surface area contributed by atoms with Crippen LogP contribution in [0.4, 0.5) is 0 Å². The second-order valence-corrected chi connectivity index (χ2v) is 8.58. The fourth-order valence-electron chi connectivity index (χ4n) is 3.45. The molecule has 22 heavy (non-hydrogen) atoms. The summed E-state index contributed by atoms with van der Waals surface area (Å²) in [6.45, 7) is 9.85. The van der Waals surface area contributed by atoms with Crippen LogP contribution >= 0.6 is 11.3 Å². The van der Waals surface area contributed by atoms with Gasteiger partial charge in [-0.15, -0.1) is 11.3 Å². The zero-order chi connectivity index (χ0) is 15.7. The van der Waals surface area contributed by atoms with Crippen molar-refractivity contribution >= 4 is 17.2 Å². The molecule has 2 aliphatic rings. The van der Waals surface area contributed by atoms with E-state index in [-0.39, 0.29) is 11.4 Å². The molecule has 4 heteroatoms. The number of thiophene rings is 1. The fraction of sp³-hybridized carbons (Fsp3) is 0.722. The molecule has 2 heterocycles. The first-order valence-electron chi connectivity index (χ1n) is 8.58. The first-order chi connectivity index (χ1) is 10.5. The molecule has 1 aliphatic heterocycles. The number of rotatable bonds is 5. The molecule has 3 nitrogen and oxygen atoms in total. The average Bonchev–Trinajstić information content (AvgIpc) is 3.22.